The monoisotopic (exact) mass is 467 g/mol. The first kappa shape index (κ1) is 22.8. The summed E-state index contributed by atoms with van der Waals surface area (Å²) in [5, 5.41) is 6.80. The van der Waals surface area contributed by atoms with Crippen LogP contribution in [-0.2, 0) is 13.2 Å². The van der Waals surface area contributed by atoms with E-state index in [-0.39, 0.29) is 28.5 Å². The third-order valence-corrected chi connectivity index (χ3v) is 4.97. The molecule has 4 rings (SSSR count). The quantitative estimate of drug-likeness (QED) is 0.420. The van der Waals surface area contributed by atoms with E-state index in [1.54, 1.807) is 42.8 Å². The molecule has 0 radical (unpaired) electrons. The highest BCUT2D eigenvalue weighted by Crippen LogP contribution is 2.37. The van der Waals surface area contributed by atoms with Gasteiger partial charge in [0.05, 0.1) is 11.3 Å². The predicted molar refractivity (Wildman–Crippen MR) is 123 cm³/mol. The first-order chi connectivity index (χ1) is 16.2. The molecule has 4 aromatic rings. The maximum absolute atomic E-state index is 13.6. The van der Waals surface area contributed by atoms with Crippen LogP contribution in [0.2, 0.25) is 0 Å². The number of carbonyl (C=O) groups excluding carboxylic acids is 1. The van der Waals surface area contributed by atoms with E-state index in [2.05, 4.69) is 20.4 Å². The number of aromatic nitrogens is 4. The SMILES string of the molecule is CC(C=Nc1nc2ccccn2c1NC(=O)c1ccc(C(F)(F)F)c(-c2ccn(C)n2)c1)=CN. The van der Waals surface area contributed by atoms with Crippen molar-refractivity contribution in [2.75, 3.05) is 5.32 Å². The zero-order valence-electron chi connectivity index (χ0n) is 18.2. The number of halogens is 3. The molecule has 0 aliphatic carbocycles. The summed E-state index contributed by atoms with van der Waals surface area (Å²) in [6.45, 7) is 1.75. The highest BCUT2D eigenvalue weighted by atomic mass is 19.4. The van der Waals surface area contributed by atoms with Gasteiger partial charge in [-0.25, -0.2) is 9.98 Å². The third-order valence-electron chi connectivity index (χ3n) is 4.97. The number of nitrogens with two attached hydrogens (primary N) is 1. The number of anilines is 1. The van der Waals surface area contributed by atoms with Gasteiger partial charge < -0.3 is 11.1 Å². The first-order valence-electron chi connectivity index (χ1n) is 10.1. The molecule has 0 saturated heterocycles. The zero-order valence-corrected chi connectivity index (χ0v) is 18.2. The molecule has 0 spiro atoms. The number of hydrogen-bond donors (Lipinski definition) is 2. The largest absolute Gasteiger partial charge is 0.417 e. The Morgan fingerprint density at radius 3 is 2.65 bits per heavy atom. The molecule has 0 bridgehead atoms. The van der Waals surface area contributed by atoms with Crippen LogP contribution in [0.15, 0.2) is 71.6 Å². The highest BCUT2D eigenvalue weighted by molar-refractivity contribution is 6.06. The number of hydrogen-bond acceptors (Lipinski definition) is 5. The Morgan fingerprint density at radius 1 is 1.18 bits per heavy atom. The van der Waals surface area contributed by atoms with Gasteiger partial charge in [0, 0.05) is 36.8 Å². The van der Waals surface area contributed by atoms with Crippen LogP contribution in [0.3, 0.4) is 0 Å². The fraction of sp³-hybridized carbons (Fsp3) is 0.130. The Hall–Kier alpha value is -4.41. The molecule has 174 valence electrons. The second kappa shape index (κ2) is 8.85. The number of carbonyl (C=O) groups is 1. The Kier molecular flexibility index (Phi) is 5.93. The number of rotatable bonds is 5. The number of pyridine rings is 1. The number of imidazole rings is 1. The molecule has 0 atom stereocenters. The van der Waals surface area contributed by atoms with Gasteiger partial charge in [-0.2, -0.15) is 18.3 Å². The second-order valence-electron chi connectivity index (χ2n) is 7.47. The van der Waals surface area contributed by atoms with Gasteiger partial charge in [0.1, 0.15) is 5.65 Å². The van der Waals surface area contributed by atoms with E-state index in [1.165, 1.54) is 35.4 Å². The lowest BCUT2D eigenvalue weighted by atomic mass is 10.0. The second-order valence-corrected chi connectivity index (χ2v) is 7.47. The number of amides is 1. The normalized spacial score (nSPS) is 12.6. The summed E-state index contributed by atoms with van der Waals surface area (Å²) in [6.07, 6.45) is 1.48. The lowest BCUT2D eigenvalue weighted by Crippen LogP contribution is -2.15. The topological polar surface area (TPSA) is 103 Å². The lowest BCUT2D eigenvalue weighted by molar-refractivity contribution is -0.137. The number of benzene rings is 1. The van der Waals surface area contributed by atoms with Crippen molar-refractivity contribution in [2.24, 2.45) is 17.8 Å². The molecule has 1 amide bonds. The molecule has 0 aliphatic rings. The van der Waals surface area contributed by atoms with Crippen molar-refractivity contribution in [1.29, 1.82) is 0 Å². The number of aliphatic imine (C=N–C) groups is 1. The predicted octanol–water partition coefficient (Wildman–Crippen LogP) is 4.57. The molecule has 0 fully saturated rings. The van der Waals surface area contributed by atoms with Crippen molar-refractivity contribution in [3.05, 3.63) is 77.8 Å². The fourth-order valence-corrected chi connectivity index (χ4v) is 3.28. The molecule has 34 heavy (non-hydrogen) atoms. The van der Waals surface area contributed by atoms with E-state index in [1.807, 2.05) is 0 Å². The molecule has 3 heterocycles. The molecule has 3 aromatic heterocycles. The first-order valence-corrected chi connectivity index (χ1v) is 10.1. The summed E-state index contributed by atoms with van der Waals surface area (Å²) < 4.78 is 43.8. The van der Waals surface area contributed by atoms with Crippen LogP contribution < -0.4 is 11.1 Å². The number of alkyl halides is 3. The summed E-state index contributed by atoms with van der Waals surface area (Å²) in [6, 6.07) is 9.89. The van der Waals surface area contributed by atoms with Gasteiger partial charge in [0.25, 0.3) is 5.91 Å². The fourth-order valence-electron chi connectivity index (χ4n) is 3.28. The van der Waals surface area contributed by atoms with E-state index >= 15 is 0 Å². The smallest absolute Gasteiger partial charge is 0.404 e. The summed E-state index contributed by atoms with van der Waals surface area (Å²) in [7, 11) is 1.60. The van der Waals surface area contributed by atoms with Crippen molar-refractivity contribution >= 4 is 29.4 Å². The van der Waals surface area contributed by atoms with E-state index in [0.717, 1.165) is 12.1 Å². The Morgan fingerprint density at radius 2 is 1.97 bits per heavy atom. The van der Waals surface area contributed by atoms with Crippen molar-refractivity contribution in [3.63, 3.8) is 0 Å². The molecule has 0 unspecified atom stereocenters. The highest BCUT2D eigenvalue weighted by Gasteiger charge is 2.34. The van der Waals surface area contributed by atoms with Crippen LogP contribution in [0.25, 0.3) is 16.9 Å². The van der Waals surface area contributed by atoms with Gasteiger partial charge in [0.2, 0.25) is 0 Å². The van der Waals surface area contributed by atoms with Crippen LogP contribution in [0.4, 0.5) is 24.8 Å². The van der Waals surface area contributed by atoms with Crippen molar-refractivity contribution in [3.8, 4) is 11.3 Å². The molecule has 3 N–H and O–H groups in total. The Bertz CT molecular complexity index is 1430. The van der Waals surface area contributed by atoms with Gasteiger partial charge in [-0.1, -0.05) is 6.07 Å². The Balaban J connectivity index is 1.76. The number of nitrogens with zero attached hydrogens (tertiary/aromatic N) is 5. The van der Waals surface area contributed by atoms with Crippen LogP contribution in [0.5, 0.6) is 0 Å². The average Bonchev–Trinajstić information content (AvgIpc) is 3.40. The van der Waals surface area contributed by atoms with E-state index in [9.17, 15) is 18.0 Å². The Labute approximate surface area is 192 Å². The summed E-state index contributed by atoms with van der Waals surface area (Å²) in [5.74, 6) is -0.141. The molecule has 8 nitrogen and oxygen atoms in total. The standard InChI is InChI=1S/C23H20F3N7O/c1-14(12-27)13-28-20-21(33-9-4-3-5-19(33)29-20)30-22(34)15-6-7-17(23(24,25)26)16(11-15)18-8-10-32(2)31-18/h3-13H,27H2,1-2H3,(H,30,34). The van der Waals surface area contributed by atoms with Crippen LogP contribution >= 0.6 is 0 Å². The van der Waals surface area contributed by atoms with E-state index in [0.29, 0.717) is 11.2 Å². The number of nitrogens with one attached hydrogen (secondary N) is 1. The molecular formula is C23H20F3N7O. The maximum Gasteiger partial charge on any atom is 0.417 e. The summed E-state index contributed by atoms with van der Waals surface area (Å²) in [5.41, 5.74) is 5.73. The maximum atomic E-state index is 13.6. The van der Waals surface area contributed by atoms with Crippen LogP contribution in [0.1, 0.15) is 22.8 Å². The van der Waals surface area contributed by atoms with Crippen molar-refractivity contribution < 1.29 is 18.0 Å². The number of aryl methyl sites for hydroxylation is 1. The molecule has 1 aromatic carbocycles. The zero-order chi connectivity index (χ0) is 24.5. The minimum absolute atomic E-state index is 0.0208. The number of allylic oxidation sites excluding steroid dienone is 1. The van der Waals surface area contributed by atoms with Crippen LogP contribution in [-0.4, -0.2) is 31.3 Å². The van der Waals surface area contributed by atoms with Gasteiger partial charge in [-0.15, -0.1) is 0 Å². The van der Waals surface area contributed by atoms with Crippen molar-refractivity contribution in [2.45, 2.75) is 13.1 Å². The minimum Gasteiger partial charge on any atom is -0.404 e. The average molecular weight is 467 g/mol. The molecular weight excluding hydrogens is 447 g/mol. The number of fused-ring (bicyclic) bond motifs is 1. The lowest BCUT2D eigenvalue weighted by Gasteiger charge is -2.13. The minimum atomic E-state index is -4.61. The molecule has 0 saturated carbocycles. The van der Waals surface area contributed by atoms with Crippen LogP contribution in [0, 0.1) is 0 Å². The molecule has 0 aliphatic heterocycles. The van der Waals surface area contributed by atoms with Gasteiger partial charge in [0.15, 0.2) is 11.6 Å². The van der Waals surface area contributed by atoms with Gasteiger partial charge in [-0.05, 0) is 55.1 Å². The van der Waals surface area contributed by atoms with Crippen molar-refractivity contribution in [1.82, 2.24) is 19.2 Å². The van der Waals surface area contributed by atoms with E-state index < -0.39 is 17.6 Å². The summed E-state index contributed by atoms with van der Waals surface area (Å²) in [4.78, 5) is 21.8. The van der Waals surface area contributed by atoms with Gasteiger partial charge in [-0.3, -0.25) is 13.9 Å². The summed E-state index contributed by atoms with van der Waals surface area (Å²) >= 11 is 0. The van der Waals surface area contributed by atoms with Gasteiger partial charge >= 0.3 is 6.18 Å². The molecule has 11 heteroatoms. The third kappa shape index (κ3) is 4.53. The van der Waals surface area contributed by atoms with E-state index in [4.69, 9.17) is 5.73 Å².